The molecule has 0 saturated carbocycles. The number of rotatable bonds is 0. The number of benzene rings is 1. The maximum atomic E-state index is 5.22. The molecule has 0 aliphatic carbocycles. The van der Waals surface area contributed by atoms with Crippen LogP contribution in [0.4, 0.5) is 5.69 Å². The van der Waals surface area contributed by atoms with Gasteiger partial charge in [0.1, 0.15) is 0 Å². The first-order chi connectivity index (χ1) is 4.88. The molecule has 1 aromatic carbocycles. The number of nitrogens with one attached hydrogen (secondary N) is 1. The van der Waals surface area contributed by atoms with Crippen LogP contribution < -0.4 is 5.32 Å². The molecule has 1 aliphatic heterocycles. The van der Waals surface area contributed by atoms with Crippen molar-refractivity contribution in [3.63, 3.8) is 0 Å². The third-order valence-electron chi connectivity index (χ3n) is 1.53. The van der Waals surface area contributed by atoms with Crippen LogP contribution in [0.5, 0.6) is 0 Å². The number of hydrogen-bond acceptors (Lipinski definition) is 2. The second-order valence-electron chi connectivity index (χ2n) is 2.16. The molecule has 1 unspecified atom stereocenters. The van der Waals surface area contributed by atoms with Gasteiger partial charge >= 0.3 is 0 Å². The molecule has 0 aromatic heterocycles. The van der Waals surface area contributed by atoms with E-state index in [0.717, 1.165) is 5.88 Å². The molecule has 1 atom stereocenters. The molecule has 1 radical (unpaired) electrons. The molecule has 0 spiro atoms. The van der Waals surface area contributed by atoms with Gasteiger partial charge in [-0.1, -0.05) is 21.6 Å². The second-order valence-corrected chi connectivity index (χ2v) is 4.79. The fourth-order valence-corrected chi connectivity index (χ4v) is 2.70. The average molecular weight is 192 g/mol. The summed E-state index contributed by atoms with van der Waals surface area (Å²) in [5.41, 5.74) is 1.22. The summed E-state index contributed by atoms with van der Waals surface area (Å²) in [4.78, 5) is 1.30. The molecule has 1 N–H and O–H groups in total. The largest absolute Gasteiger partial charge is 0.374 e. The van der Waals surface area contributed by atoms with Crippen LogP contribution in [0.25, 0.3) is 0 Å². The van der Waals surface area contributed by atoms with Crippen molar-refractivity contribution in [3.05, 3.63) is 24.3 Å². The van der Waals surface area contributed by atoms with Crippen molar-refractivity contribution in [1.82, 2.24) is 0 Å². The smallest absolute Gasteiger partial charge is 0.0701 e. The molecule has 1 aliphatic rings. The first-order valence-electron chi connectivity index (χ1n) is 3.09. The van der Waals surface area contributed by atoms with Gasteiger partial charge in [-0.15, -0.1) is 0 Å². The van der Waals surface area contributed by atoms with Crippen LogP contribution in [0.3, 0.4) is 0 Å². The zero-order valence-electron chi connectivity index (χ0n) is 6.33. The molecule has 1 aromatic rings. The third-order valence-corrected chi connectivity index (χ3v) is 3.67. The molecule has 1 heterocycles. The minimum atomic E-state index is 0. The summed E-state index contributed by atoms with van der Waals surface area (Å²) in [6.45, 7) is 0. The van der Waals surface area contributed by atoms with Crippen LogP contribution in [0.15, 0.2) is 29.2 Å². The summed E-state index contributed by atoms with van der Waals surface area (Å²) < 4.78 is 0. The Morgan fingerprint density at radius 1 is 1.36 bits per heavy atom. The minimum absolute atomic E-state index is 0. The topological polar surface area (TPSA) is 12.0 Å². The van der Waals surface area contributed by atoms with Crippen molar-refractivity contribution in [2.24, 2.45) is 0 Å². The molecule has 0 saturated heterocycles. The van der Waals surface area contributed by atoms with E-state index in [0.29, 0.717) is 0 Å². The molecule has 2 rings (SSSR count). The molecule has 4 heteroatoms. The Balaban J connectivity index is 0.000000605. The Labute approximate surface area is 95.5 Å². The van der Waals surface area contributed by atoms with Crippen molar-refractivity contribution in [2.75, 3.05) is 11.2 Å². The van der Waals surface area contributed by atoms with Gasteiger partial charge in [0.2, 0.25) is 0 Å². The molecular weight excluding hydrogens is 185 g/mol. The maximum absolute atomic E-state index is 5.22. The minimum Gasteiger partial charge on any atom is -0.374 e. The Hall–Kier alpha value is 0.590. The van der Waals surface area contributed by atoms with Gasteiger partial charge in [-0.25, -0.2) is 0 Å². The van der Waals surface area contributed by atoms with E-state index >= 15 is 0 Å². The van der Waals surface area contributed by atoms with Crippen LogP contribution in [0, 0.1) is 0 Å². The summed E-state index contributed by atoms with van der Waals surface area (Å²) in [5.74, 6) is 0.939. The summed E-state index contributed by atoms with van der Waals surface area (Å²) >= 11 is 5.22. The second kappa shape index (κ2) is 4.01. The van der Waals surface area contributed by atoms with Gasteiger partial charge in [-0.05, 0) is 23.3 Å². The fourth-order valence-electron chi connectivity index (χ4n) is 1.03. The van der Waals surface area contributed by atoms with Crippen LogP contribution in [0.1, 0.15) is 0 Å². The van der Waals surface area contributed by atoms with Crippen LogP contribution >= 0.6 is 0 Å². The van der Waals surface area contributed by atoms with E-state index in [1.54, 1.807) is 0 Å². The quantitative estimate of drug-likeness (QED) is 0.618. The Kier molecular flexibility index (Phi) is 3.52. The molecule has 0 fully saturated rings. The molecule has 1 nitrogen and oxygen atoms in total. The zero-order valence-corrected chi connectivity index (χ0v) is 9.97. The molecule has 11 heavy (non-hydrogen) atoms. The van der Waals surface area contributed by atoms with Gasteiger partial charge < -0.3 is 5.32 Å². The van der Waals surface area contributed by atoms with Crippen molar-refractivity contribution in [1.29, 1.82) is 0 Å². The van der Waals surface area contributed by atoms with Crippen molar-refractivity contribution in [3.8, 4) is 0 Å². The number of hydrogen-bond donors (Lipinski definition) is 1. The van der Waals surface area contributed by atoms with E-state index in [-0.39, 0.29) is 39.0 Å². The third kappa shape index (κ3) is 1.84. The first kappa shape index (κ1) is 9.68. The Morgan fingerprint density at radius 3 is 2.82 bits per heavy atom. The van der Waals surface area contributed by atoms with Gasteiger partial charge in [-0.2, -0.15) is 0 Å². The normalized spacial score (nSPS) is 19.8. The van der Waals surface area contributed by atoms with Crippen molar-refractivity contribution >= 4 is 55.9 Å². The Bertz CT molecular complexity index is 288. The predicted octanol–water partition coefficient (Wildman–Crippen LogP) is 1.13. The molecule has 0 amide bonds. The van der Waals surface area contributed by atoms with Gasteiger partial charge in [0.05, 0.1) is 5.88 Å². The average Bonchev–Trinajstić information content (AvgIpc) is 2.34. The first-order valence-corrected chi connectivity index (χ1v) is 5.41. The van der Waals surface area contributed by atoms with Gasteiger partial charge in [-0.3, -0.25) is 0 Å². The zero-order chi connectivity index (χ0) is 6.97. The van der Waals surface area contributed by atoms with Crippen LogP contribution in [0.2, 0.25) is 0 Å². The maximum Gasteiger partial charge on any atom is 0.0701 e. The van der Waals surface area contributed by atoms with Gasteiger partial charge in [0, 0.05) is 40.1 Å². The van der Waals surface area contributed by atoms with Crippen molar-refractivity contribution < 1.29 is 0 Å². The molecule has 53 valence electrons. The van der Waals surface area contributed by atoms with Gasteiger partial charge in [0.25, 0.3) is 0 Å². The van der Waals surface area contributed by atoms with Gasteiger partial charge in [0.15, 0.2) is 0 Å². The van der Waals surface area contributed by atoms with E-state index in [9.17, 15) is 0 Å². The SMILES string of the molecule is S=S1CNc2ccccc21.[Na]. The summed E-state index contributed by atoms with van der Waals surface area (Å²) in [7, 11) is 0.0244. The fraction of sp³-hybridized carbons (Fsp3) is 0.143. The van der Waals surface area contributed by atoms with E-state index < -0.39 is 0 Å². The number of para-hydroxylation sites is 1. The summed E-state index contributed by atoms with van der Waals surface area (Å²) in [5, 5.41) is 3.26. The predicted molar refractivity (Wildman–Crippen MR) is 53.7 cm³/mol. The molecular formula is C7H7NNaS2. The van der Waals surface area contributed by atoms with E-state index in [2.05, 4.69) is 17.4 Å². The van der Waals surface area contributed by atoms with Crippen molar-refractivity contribution in [2.45, 2.75) is 4.90 Å². The summed E-state index contributed by atoms with van der Waals surface area (Å²) in [6, 6.07) is 8.25. The molecule has 0 bridgehead atoms. The number of fused-ring (bicyclic) bond motifs is 1. The Morgan fingerprint density at radius 2 is 2.09 bits per heavy atom. The number of anilines is 1. The standard InChI is InChI=1S/C7H7NS2.Na/c9-10-5-8-6-3-1-2-4-7(6)10;/h1-4,8H,5H2;. The van der Waals surface area contributed by atoms with E-state index in [1.807, 2.05) is 12.1 Å². The van der Waals surface area contributed by atoms with Crippen LogP contribution in [-0.2, 0) is 20.6 Å². The summed E-state index contributed by atoms with van der Waals surface area (Å²) in [6.07, 6.45) is 0. The van der Waals surface area contributed by atoms with E-state index in [1.165, 1.54) is 10.6 Å². The van der Waals surface area contributed by atoms with E-state index in [4.69, 9.17) is 11.2 Å². The van der Waals surface area contributed by atoms with Crippen LogP contribution in [-0.4, -0.2) is 35.4 Å². The monoisotopic (exact) mass is 192 g/mol.